The lowest BCUT2D eigenvalue weighted by Gasteiger charge is -2.24. The summed E-state index contributed by atoms with van der Waals surface area (Å²) in [6, 6.07) is 10.8. The van der Waals surface area contributed by atoms with E-state index in [1.54, 1.807) is 42.6 Å². The van der Waals surface area contributed by atoms with Crippen LogP contribution in [-0.2, 0) is 36.8 Å². The van der Waals surface area contributed by atoms with Crippen molar-refractivity contribution >= 4 is 46.5 Å². The van der Waals surface area contributed by atoms with Crippen LogP contribution in [0.3, 0.4) is 0 Å². The van der Waals surface area contributed by atoms with Crippen LogP contribution in [0.15, 0.2) is 65.8 Å². The summed E-state index contributed by atoms with van der Waals surface area (Å²) in [7, 11) is 0. The van der Waals surface area contributed by atoms with E-state index in [2.05, 4.69) is 25.9 Å². The van der Waals surface area contributed by atoms with E-state index in [0.717, 1.165) is 16.5 Å². The van der Waals surface area contributed by atoms with Crippen molar-refractivity contribution in [3.8, 4) is 0 Å². The minimum atomic E-state index is -1.58. The van der Waals surface area contributed by atoms with Crippen molar-refractivity contribution in [2.75, 3.05) is 6.54 Å². The van der Waals surface area contributed by atoms with Crippen LogP contribution in [0, 0.1) is 0 Å². The number of carbonyl (C=O) groups is 5. The summed E-state index contributed by atoms with van der Waals surface area (Å²) in [5, 5.41) is 27.4. The number of hydrogen-bond donors (Lipinski definition) is 9. The molecule has 0 saturated carbocycles. The fraction of sp³-hybridized carbons (Fsp3) is 0.333. The zero-order chi connectivity index (χ0) is 32.9. The molecular weight excluding hydrogens is 584 g/mol. The zero-order valence-electron chi connectivity index (χ0n) is 24.4. The lowest BCUT2D eigenvalue weighted by molar-refractivity contribution is -0.143. The van der Waals surface area contributed by atoms with Crippen LogP contribution < -0.4 is 33.2 Å². The van der Waals surface area contributed by atoms with Gasteiger partial charge in [0.25, 0.3) is 0 Å². The predicted molar refractivity (Wildman–Crippen MR) is 166 cm³/mol. The number of H-pyrrole nitrogens is 1. The number of nitrogens with one attached hydrogen (secondary N) is 4. The van der Waals surface area contributed by atoms with Gasteiger partial charge in [-0.3, -0.25) is 24.2 Å². The Morgan fingerprint density at radius 3 is 2.09 bits per heavy atom. The molecule has 0 aliphatic rings. The highest BCUT2D eigenvalue weighted by Crippen LogP contribution is 2.19. The topological polar surface area (TPSA) is 268 Å². The quantitative estimate of drug-likeness (QED) is 0.0521. The maximum atomic E-state index is 13.4. The van der Waals surface area contributed by atoms with Crippen LogP contribution in [0.5, 0.6) is 0 Å². The number of hydrogen-bond acceptors (Lipinski definition) is 7. The van der Waals surface area contributed by atoms with Crippen molar-refractivity contribution < 1.29 is 34.2 Å². The fourth-order valence-corrected chi connectivity index (χ4v) is 4.66. The Kier molecular flexibility index (Phi) is 12.4. The summed E-state index contributed by atoms with van der Waals surface area (Å²) in [5.74, 6) is -5.43. The third-order valence-corrected chi connectivity index (χ3v) is 6.94. The van der Waals surface area contributed by atoms with E-state index in [0.29, 0.717) is 5.56 Å². The molecule has 0 aliphatic heterocycles. The number of guanidine groups is 1. The molecule has 1 heterocycles. The third kappa shape index (κ3) is 10.7. The van der Waals surface area contributed by atoms with E-state index in [4.69, 9.17) is 17.2 Å². The van der Waals surface area contributed by atoms with Gasteiger partial charge in [-0.1, -0.05) is 48.5 Å². The fourth-order valence-electron chi connectivity index (χ4n) is 4.66. The zero-order valence-corrected chi connectivity index (χ0v) is 24.4. The lowest BCUT2D eigenvalue weighted by Crippen LogP contribution is -2.57. The first-order valence-electron chi connectivity index (χ1n) is 14.2. The highest BCUT2D eigenvalue weighted by atomic mass is 16.4. The number of nitrogens with zero attached hydrogens (tertiary/aromatic N) is 1. The smallest absolute Gasteiger partial charge is 0.326 e. The Labute approximate surface area is 258 Å². The van der Waals surface area contributed by atoms with E-state index in [1.807, 2.05) is 18.2 Å². The summed E-state index contributed by atoms with van der Waals surface area (Å²) >= 11 is 0. The number of para-hydroxylation sites is 1. The second-order valence-corrected chi connectivity index (χ2v) is 10.4. The number of aromatic nitrogens is 1. The Hall–Kier alpha value is -5.44. The average Bonchev–Trinajstić information content (AvgIpc) is 3.40. The van der Waals surface area contributed by atoms with Gasteiger partial charge in [-0.15, -0.1) is 0 Å². The van der Waals surface area contributed by atoms with E-state index in [1.165, 1.54) is 0 Å². The number of benzene rings is 2. The number of carboxylic acid groups (broad SMARTS) is 2. The van der Waals surface area contributed by atoms with Crippen molar-refractivity contribution in [3.05, 3.63) is 71.9 Å². The van der Waals surface area contributed by atoms with Crippen LogP contribution in [0.2, 0.25) is 0 Å². The van der Waals surface area contributed by atoms with Crippen molar-refractivity contribution in [1.29, 1.82) is 0 Å². The molecule has 0 bridgehead atoms. The molecule has 4 unspecified atom stereocenters. The number of fused-ring (bicyclic) bond motifs is 1. The van der Waals surface area contributed by atoms with Gasteiger partial charge in [0.05, 0.1) is 12.5 Å². The highest BCUT2D eigenvalue weighted by molar-refractivity contribution is 5.96. The van der Waals surface area contributed by atoms with Crippen LogP contribution in [0.4, 0.5) is 0 Å². The number of amides is 3. The minimum absolute atomic E-state index is 0.0327. The number of nitrogens with two attached hydrogens (primary N) is 3. The summed E-state index contributed by atoms with van der Waals surface area (Å²) < 4.78 is 0. The third-order valence-electron chi connectivity index (χ3n) is 6.94. The van der Waals surface area contributed by atoms with Crippen molar-refractivity contribution in [1.82, 2.24) is 20.9 Å². The van der Waals surface area contributed by atoms with Crippen LogP contribution in [-0.4, -0.2) is 81.5 Å². The number of aliphatic imine (C=N–C) groups is 1. The molecule has 3 amide bonds. The molecule has 240 valence electrons. The summed E-state index contributed by atoms with van der Waals surface area (Å²) in [5.41, 5.74) is 18.9. The Morgan fingerprint density at radius 2 is 1.42 bits per heavy atom. The molecule has 45 heavy (non-hydrogen) atoms. The van der Waals surface area contributed by atoms with E-state index >= 15 is 0 Å². The Balaban J connectivity index is 1.75. The van der Waals surface area contributed by atoms with Gasteiger partial charge in [-0.05, 0) is 36.5 Å². The molecule has 15 heteroatoms. The van der Waals surface area contributed by atoms with Gasteiger partial charge < -0.3 is 48.3 Å². The molecule has 4 atom stereocenters. The number of aromatic amines is 1. The molecule has 0 saturated heterocycles. The summed E-state index contributed by atoms with van der Waals surface area (Å²) in [6.45, 7) is 0.101. The minimum Gasteiger partial charge on any atom is -0.481 e. The van der Waals surface area contributed by atoms with Crippen molar-refractivity contribution in [2.24, 2.45) is 22.2 Å². The maximum Gasteiger partial charge on any atom is 0.326 e. The van der Waals surface area contributed by atoms with E-state index in [-0.39, 0.29) is 38.2 Å². The summed E-state index contributed by atoms with van der Waals surface area (Å²) in [6.07, 6.45) is 1.11. The Morgan fingerprint density at radius 1 is 0.800 bits per heavy atom. The van der Waals surface area contributed by atoms with Gasteiger partial charge >= 0.3 is 11.9 Å². The van der Waals surface area contributed by atoms with Crippen molar-refractivity contribution in [2.45, 2.75) is 56.3 Å². The van der Waals surface area contributed by atoms with E-state index < -0.39 is 60.2 Å². The average molecular weight is 623 g/mol. The molecule has 15 nitrogen and oxygen atoms in total. The molecule has 12 N–H and O–H groups in total. The molecule has 0 spiro atoms. The highest BCUT2D eigenvalue weighted by Gasteiger charge is 2.31. The first kappa shape index (κ1) is 34.1. The van der Waals surface area contributed by atoms with Crippen LogP contribution in [0.1, 0.15) is 30.4 Å². The molecule has 3 rings (SSSR count). The van der Waals surface area contributed by atoms with Gasteiger partial charge in [0, 0.05) is 30.1 Å². The molecular formula is C30H38N8O7. The predicted octanol–water partition coefficient (Wildman–Crippen LogP) is -0.652. The van der Waals surface area contributed by atoms with Gasteiger partial charge in [0.1, 0.15) is 18.1 Å². The van der Waals surface area contributed by atoms with Crippen molar-refractivity contribution in [3.63, 3.8) is 0 Å². The Bertz CT molecular complexity index is 1520. The number of carbonyl (C=O) groups excluding carboxylic acids is 3. The van der Waals surface area contributed by atoms with Gasteiger partial charge in [0.2, 0.25) is 17.7 Å². The molecule has 0 aliphatic carbocycles. The second-order valence-electron chi connectivity index (χ2n) is 10.4. The first-order valence-corrected chi connectivity index (χ1v) is 14.2. The molecule has 1 aromatic heterocycles. The summed E-state index contributed by atoms with van der Waals surface area (Å²) in [4.78, 5) is 70.1. The van der Waals surface area contributed by atoms with Crippen LogP contribution >= 0.6 is 0 Å². The van der Waals surface area contributed by atoms with Gasteiger partial charge in [0.15, 0.2) is 5.96 Å². The second kappa shape index (κ2) is 16.4. The monoisotopic (exact) mass is 622 g/mol. The normalized spacial score (nSPS) is 13.5. The van der Waals surface area contributed by atoms with Crippen LogP contribution in [0.25, 0.3) is 10.9 Å². The maximum absolute atomic E-state index is 13.4. The first-order chi connectivity index (χ1) is 21.4. The molecule has 0 fully saturated rings. The number of rotatable bonds is 17. The number of carboxylic acids is 2. The largest absolute Gasteiger partial charge is 0.481 e. The number of aliphatic carboxylic acids is 2. The SMILES string of the molecule is NC(N)=NCCCC(NC(=O)C(CC(=O)O)NC(=O)C(N)Cc1ccccc1)C(=O)NC(Cc1c[nH]c2ccccc12)C(=O)O. The molecule has 2 aromatic carbocycles. The standard InChI is InChI=1S/C30H38N8O7/c31-20(13-17-7-2-1-3-8-17)26(41)37-23(15-25(39)40)28(43)36-22(11-6-12-34-30(32)33)27(42)38-24(29(44)45)14-18-16-35-21-10-5-4-9-19(18)21/h1-5,7-10,16,20,22-24,35H,6,11-15,31H2,(H,36,43)(H,37,41)(H,38,42)(H,39,40)(H,44,45)(H4,32,33,34). The molecule has 0 radical (unpaired) electrons. The molecule has 3 aromatic rings. The lowest BCUT2D eigenvalue weighted by atomic mass is 10.0. The van der Waals surface area contributed by atoms with Gasteiger partial charge in [-0.2, -0.15) is 0 Å². The van der Waals surface area contributed by atoms with Gasteiger partial charge in [-0.25, -0.2) is 4.79 Å². The van der Waals surface area contributed by atoms with E-state index in [9.17, 15) is 34.2 Å².